The summed E-state index contributed by atoms with van der Waals surface area (Å²) < 4.78 is 13.4. The van der Waals surface area contributed by atoms with Crippen molar-refractivity contribution < 1.29 is 9.18 Å². The van der Waals surface area contributed by atoms with E-state index in [9.17, 15) is 9.18 Å². The van der Waals surface area contributed by atoms with E-state index >= 15 is 0 Å². The van der Waals surface area contributed by atoms with Gasteiger partial charge >= 0.3 is 0 Å². The van der Waals surface area contributed by atoms with Gasteiger partial charge in [0.1, 0.15) is 5.82 Å². The first-order chi connectivity index (χ1) is 7.52. The van der Waals surface area contributed by atoms with E-state index in [0.29, 0.717) is 12.1 Å². The first-order valence-electron chi connectivity index (χ1n) is 4.89. The Labute approximate surface area is 103 Å². The fourth-order valence-electron chi connectivity index (χ4n) is 1.17. The third-order valence-electron chi connectivity index (χ3n) is 2.04. The van der Waals surface area contributed by atoms with Crippen LogP contribution in [0.25, 0.3) is 0 Å². The standard InChI is InChI=1S/C11H14BrFN2O/c1-15(2)7-6-14-11(16)8-4-3-5-9(13)10(8)12/h3-5H,6-7H2,1-2H3,(H,14,16). The third kappa shape index (κ3) is 3.57. The molecule has 1 rings (SSSR count). The Bertz CT molecular complexity index is 382. The zero-order valence-electron chi connectivity index (χ0n) is 9.26. The fraction of sp³-hybridized carbons (Fsp3) is 0.364. The van der Waals surface area contributed by atoms with Gasteiger partial charge < -0.3 is 10.2 Å². The van der Waals surface area contributed by atoms with Crippen LogP contribution in [0.1, 0.15) is 10.4 Å². The van der Waals surface area contributed by atoms with Gasteiger partial charge in [-0.05, 0) is 42.2 Å². The Kier molecular flexibility index (Phi) is 4.89. The zero-order valence-corrected chi connectivity index (χ0v) is 10.8. The Morgan fingerprint density at radius 3 is 2.81 bits per heavy atom. The van der Waals surface area contributed by atoms with Crippen molar-refractivity contribution in [2.45, 2.75) is 0 Å². The molecular weight excluding hydrogens is 275 g/mol. The molecule has 1 aromatic rings. The molecule has 0 aromatic heterocycles. The average molecular weight is 289 g/mol. The van der Waals surface area contributed by atoms with Gasteiger partial charge in [-0.25, -0.2) is 4.39 Å². The van der Waals surface area contributed by atoms with Crippen LogP contribution in [0.15, 0.2) is 22.7 Å². The minimum atomic E-state index is -0.430. The number of hydrogen-bond donors (Lipinski definition) is 1. The predicted molar refractivity (Wildman–Crippen MR) is 65.0 cm³/mol. The molecule has 1 aromatic carbocycles. The first-order valence-corrected chi connectivity index (χ1v) is 5.68. The molecule has 1 amide bonds. The van der Waals surface area contributed by atoms with Gasteiger partial charge in [0.25, 0.3) is 5.91 Å². The molecule has 0 atom stereocenters. The van der Waals surface area contributed by atoms with E-state index in [4.69, 9.17) is 0 Å². The molecule has 16 heavy (non-hydrogen) atoms. The second kappa shape index (κ2) is 5.96. The molecular formula is C11H14BrFN2O. The summed E-state index contributed by atoms with van der Waals surface area (Å²) in [5, 5.41) is 2.72. The molecule has 3 nitrogen and oxygen atoms in total. The van der Waals surface area contributed by atoms with Crippen molar-refractivity contribution >= 4 is 21.8 Å². The second-order valence-corrected chi connectivity index (χ2v) is 4.45. The molecule has 5 heteroatoms. The van der Waals surface area contributed by atoms with Crippen LogP contribution >= 0.6 is 15.9 Å². The number of nitrogens with one attached hydrogen (secondary N) is 1. The fourth-order valence-corrected chi connectivity index (χ4v) is 1.61. The van der Waals surface area contributed by atoms with Gasteiger partial charge in [-0.15, -0.1) is 0 Å². The first kappa shape index (κ1) is 13.1. The highest BCUT2D eigenvalue weighted by atomic mass is 79.9. The van der Waals surface area contributed by atoms with Crippen molar-refractivity contribution in [2.75, 3.05) is 27.2 Å². The number of likely N-dealkylation sites (N-methyl/N-ethyl adjacent to an activating group) is 1. The van der Waals surface area contributed by atoms with Crippen LogP contribution in [-0.2, 0) is 0 Å². The molecule has 0 saturated heterocycles. The van der Waals surface area contributed by atoms with Crippen molar-refractivity contribution in [1.82, 2.24) is 10.2 Å². The van der Waals surface area contributed by atoms with Crippen molar-refractivity contribution in [3.8, 4) is 0 Å². The van der Waals surface area contributed by atoms with Gasteiger partial charge in [-0.3, -0.25) is 4.79 Å². The average Bonchev–Trinajstić information content (AvgIpc) is 2.21. The summed E-state index contributed by atoms with van der Waals surface area (Å²) >= 11 is 3.06. The number of carbonyl (C=O) groups excluding carboxylic acids is 1. The minimum Gasteiger partial charge on any atom is -0.351 e. The van der Waals surface area contributed by atoms with E-state index in [0.717, 1.165) is 6.54 Å². The lowest BCUT2D eigenvalue weighted by Crippen LogP contribution is -2.31. The molecule has 0 aliphatic heterocycles. The molecule has 0 saturated carbocycles. The Hall–Kier alpha value is -0.940. The Balaban J connectivity index is 2.63. The normalized spacial score (nSPS) is 10.6. The summed E-state index contributed by atoms with van der Waals surface area (Å²) in [7, 11) is 3.84. The van der Waals surface area contributed by atoms with Crippen LogP contribution < -0.4 is 5.32 Å². The number of nitrogens with zero attached hydrogens (tertiary/aromatic N) is 1. The number of carbonyl (C=O) groups is 1. The van der Waals surface area contributed by atoms with Gasteiger partial charge in [0.2, 0.25) is 0 Å². The van der Waals surface area contributed by atoms with E-state index in [1.54, 1.807) is 6.07 Å². The lowest BCUT2D eigenvalue weighted by molar-refractivity contribution is 0.0949. The highest BCUT2D eigenvalue weighted by molar-refractivity contribution is 9.10. The van der Waals surface area contributed by atoms with Crippen LogP contribution in [0.4, 0.5) is 4.39 Å². The van der Waals surface area contributed by atoms with Gasteiger partial charge in [0.05, 0.1) is 10.0 Å². The van der Waals surface area contributed by atoms with Crippen molar-refractivity contribution in [2.24, 2.45) is 0 Å². The minimum absolute atomic E-state index is 0.206. The Morgan fingerprint density at radius 1 is 1.50 bits per heavy atom. The second-order valence-electron chi connectivity index (χ2n) is 3.66. The number of hydrogen-bond acceptors (Lipinski definition) is 2. The van der Waals surface area contributed by atoms with Gasteiger partial charge in [-0.2, -0.15) is 0 Å². The summed E-state index contributed by atoms with van der Waals surface area (Å²) in [6, 6.07) is 4.40. The zero-order chi connectivity index (χ0) is 12.1. The third-order valence-corrected chi connectivity index (χ3v) is 2.85. The van der Waals surface area contributed by atoms with E-state index in [2.05, 4.69) is 21.2 Å². The molecule has 0 fully saturated rings. The lowest BCUT2D eigenvalue weighted by atomic mass is 10.2. The van der Waals surface area contributed by atoms with Gasteiger partial charge in [0, 0.05) is 13.1 Å². The molecule has 0 bridgehead atoms. The molecule has 0 spiro atoms. The molecule has 0 aliphatic rings. The van der Waals surface area contributed by atoms with Crippen LogP contribution in [0.5, 0.6) is 0 Å². The Morgan fingerprint density at radius 2 is 2.19 bits per heavy atom. The SMILES string of the molecule is CN(C)CCNC(=O)c1cccc(F)c1Br. The van der Waals surface area contributed by atoms with Gasteiger partial charge in [-0.1, -0.05) is 6.07 Å². The molecule has 0 radical (unpaired) electrons. The maximum Gasteiger partial charge on any atom is 0.252 e. The smallest absolute Gasteiger partial charge is 0.252 e. The van der Waals surface area contributed by atoms with Crippen molar-refractivity contribution in [3.63, 3.8) is 0 Å². The maximum absolute atomic E-state index is 13.2. The highest BCUT2D eigenvalue weighted by Gasteiger charge is 2.12. The summed E-state index contributed by atoms with van der Waals surface area (Å²) in [5.74, 6) is -0.700. The van der Waals surface area contributed by atoms with E-state index < -0.39 is 5.82 Å². The number of benzene rings is 1. The largest absolute Gasteiger partial charge is 0.351 e. The van der Waals surface area contributed by atoms with Gasteiger partial charge in [0.15, 0.2) is 0 Å². The summed E-state index contributed by atoms with van der Waals surface area (Å²) in [6.07, 6.45) is 0. The molecule has 0 heterocycles. The number of rotatable bonds is 4. The highest BCUT2D eigenvalue weighted by Crippen LogP contribution is 2.19. The van der Waals surface area contributed by atoms with Crippen LogP contribution in [0, 0.1) is 5.82 Å². The number of halogens is 2. The molecule has 88 valence electrons. The summed E-state index contributed by atoms with van der Waals surface area (Å²) in [5.41, 5.74) is 0.318. The lowest BCUT2D eigenvalue weighted by Gasteiger charge is -2.11. The molecule has 1 N–H and O–H groups in total. The van der Waals surface area contributed by atoms with E-state index in [-0.39, 0.29) is 10.4 Å². The van der Waals surface area contributed by atoms with Crippen molar-refractivity contribution in [3.05, 3.63) is 34.1 Å². The molecule has 0 aliphatic carbocycles. The van der Waals surface area contributed by atoms with Crippen LogP contribution in [0.3, 0.4) is 0 Å². The maximum atomic E-state index is 13.2. The van der Waals surface area contributed by atoms with Crippen LogP contribution in [-0.4, -0.2) is 38.0 Å². The number of amides is 1. The van der Waals surface area contributed by atoms with Crippen molar-refractivity contribution in [1.29, 1.82) is 0 Å². The monoisotopic (exact) mass is 288 g/mol. The topological polar surface area (TPSA) is 32.3 Å². The van der Waals surface area contributed by atoms with E-state index in [1.807, 2.05) is 19.0 Å². The predicted octanol–water partition coefficient (Wildman–Crippen LogP) is 1.88. The molecule has 0 unspecified atom stereocenters. The summed E-state index contributed by atoms with van der Waals surface area (Å²) in [4.78, 5) is 13.6. The van der Waals surface area contributed by atoms with Crippen LogP contribution in [0.2, 0.25) is 0 Å². The summed E-state index contributed by atoms with van der Waals surface area (Å²) in [6.45, 7) is 1.29. The van der Waals surface area contributed by atoms with E-state index in [1.165, 1.54) is 12.1 Å². The quantitative estimate of drug-likeness (QED) is 0.918.